The Labute approximate surface area is 130 Å². The molecular formula is C16H23BrClN. The Hall–Kier alpha value is -0.210. The lowest BCUT2D eigenvalue weighted by atomic mass is 9.75. The molecule has 19 heavy (non-hydrogen) atoms. The van der Waals surface area contributed by atoms with Crippen molar-refractivity contribution >= 4 is 33.2 Å². The number of hydrogen-bond donors (Lipinski definition) is 0. The summed E-state index contributed by atoms with van der Waals surface area (Å²) < 4.78 is 0. The van der Waals surface area contributed by atoms with Crippen LogP contribution in [0, 0.1) is 11.3 Å². The Morgan fingerprint density at radius 2 is 1.89 bits per heavy atom. The molecule has 0 saturated carbocycles. The minimum Gasteiger partial charge on any atom is -0.371 e. The van der Waals surface area contributed by atoms with Gasteiger partial charge in [-0.2, -0.15) is 0 Å². The number of benzene rings is 1. The topological polar surface area (TPSA) is 3.24 Å². The third-order valence-corrected chi connectivity index (χ3v) is 5.09. The number of piperidine rings is 1. The van der Waals surface area contributed by atoms with Gasteiger partial charge in [0.05, 0.1) is 0 Å². The first-order valence-electron chi connectivity index (χ1n) is 7.01. The zero-order valence-corrected chi connectivity index (χ0v) is 14.4. The molecule has 0 aromatic heterocycles. The zero-order valence-electron chi connectivity index (χ0n) is 12.0. The molecule has 106 valence electrons. The smallest absolute Gasteiger partial charge is 0.0426 e. The van der Waals surface area contributed by atoms with Crippen molar-refractivity contribution in [2.75, 3.05) is 18.0 Å². The Morgan fingerprint density at radius 1 is 1.26 bits per heavy atom. The maximum Gasteiger partial charge on any atom is 0.0426 e. The molecule has 1 fully saturated rings. The van der Waals surface area contributed by atoms with Crippen LogP contribution in [0.3, 0.4) is 0 Å². The molecule has 1 aromatic rings. The first-order valence-corrected chi connectivity index (χ1v) is 8.51. The molecule has 0 amide bonds. The van der Waals surface area contributed by atoms with Crippen LogP contribution < -0.4 is 4.90 Å². The second-order valence-corrected chi connectivity index (χ2v) is 7.53. The van der Waals surface area contributed by atoms with E-state index in [0.29, 0.717) is 5.41 Å². The number of anilines is 1. The van der Waals surface area contributed by atoms with Gasteiger partial charge in [-0.15, -0.1) is 0 Å². The molecule has 1 aromatic carbocycles. The number of rotatable bonds is 2. The van der Waals surface area contributed by atoms with Gasteiger partial charge in [0, 0.05) is 29.1 Å². The second-order valence-electron chi connectivity index (χ2n) is 6.53. The Bertz CT molecular complexity index is 431. The van der Waals surface area contributed by atoms with Gasteiger partial charge in [-0.05, 0) is 41.9 Å². The van der Waals surface area contributed by atoms with Crippen molar-refractivity contribution in [1.29, 1.82) is 0 Å². The van der Waals surface area contributed by atoms with Crippen LogP contribution in [0.2, 0.25) is 5.02 Å². The fraction of sp³-hybridized carbons (Fsp3) is 0.625. The van der Waals surface area contributed by atoms with Gasteiger partial charge in [0.15, 0.2) is 0 Å². The first kappa shape index (κ1) is 15.2. The van der Waals surface area contributed by atoms with Crippen molar-refractivity contribution in [3.05, 3.63) is 28.8 Å². The molecule has 1 nitrogen and oxygen atoms in total. The highest BCUT2D eigenvalue weighted by molar-refractivity contribution is 9.08. The van der Waals surface area contributed by atoms with Crippen molar-refractivity contribution in [1.82, 2.24) is 0 Å². The molecule has 0 unspecified atom stereocenters. The monoisotopic (exact) mass is 343 g/mol. The Balaban J connectivity index is 2.11. The van der Waals surface area contributed by atoms with E-state index in [2.05, 4.69) is 53.7 Å². The highest BCUT2D eigenvalue weighted by Gasteiger charge is 2.29. The normalized spacial score (nSPS) is 17.8. The van der Waals surface area contributed by atoms with E-state index in [0.717, 1.165) is 29.4 Å². The summed E-state index contributed by atoms with van der Waals surface area (Å²) in [6.07, 6.45) is 2.55. The lowest BCUT2D eigenvalue weighted by Crippen LogP contribution is -2.38. The Morgan fingerprint density at radius 3 is 2.42 bits per heavy atom. The number of halogens is 2. The lowest BCUT2D eigenvalue weighted by molar-refractivity contribution is 0.199. The summed E-state index contributed by atoms with van der Waals surface area (Å²) in [5, 5.41) is 1.72. The zero-order chi connectivity index (χ0) is 14.0. The van der Waals surface area contributed by atoms with E-state index < -0.39 is 0 Å². The van der Waals surface area contributed by atoms with Gasteiger partial charge in [0.25, 0.3) is 0 Å². The van der Waals surface area contributed by atoms with Gasteiger partial charge < -0.3 is 4.90 Å². The molecule has 0 N–H and O–H groups in total. The minimum atomic E-state index is 0.429. The molecule has 1 aliphatic heterocycles. The highest BCUT2D eigenvalue weighted by atomic mass is 79.9. The fourth-order valence-corrected chi connectivity index (χ4v) is 3.57. The van der Waals surface area contributed by atoms with Crippen LogP contribution in [0.15, 0.2) is 18.2 Å². The highest BCUT2D eigenvalue weighted by Crippen LogP contribution is 2.37. The maximum absolute atomic E-state index is 6.15. The quantitative estimate of drug-likeness (QED) is 0.640. The predicted octanol–water partition coefficient (Wildman–Crippen LogP) is 5.50. The maximum atomic E-state index is 6.15. The Kier molecular flexibility index (Phi) is 4.84. The van der Waals surface area contributed by atoms with E-state index >= 15 is 0 Å². The van der Waals surface area contributed by atoms with E-state index in [1.165, 1.54) is 24.1 Å². The van der Waals surface area contributed by atoms with Gasteiger partial charge in [-0.25, -0.2) is 0 Å². The first-order chi connectivity index (χ1) is 8.91. The minimum absolute atomic E-state index is 0.429. The van der Waals surface area contributed by atoms with E-state index in [1.54, 1.807) is 0 Å². The van der Waals surface area contributed by atoms with Gasteiger partial charge >= 0.3 is 0 Å². The molecule has 1 saturated heterocycles. The summed E-state index contributed by atoms with van der Waals surface area (Å²) in [7, 11) is 0. The number of alkyl halides is 1. The fourth-order valence-electron chi connectivity index (χ4n) is 2.93. The molecule has 2 rings (SSSR count). The SMILES string of the molecule is CC(C)(C)C1CCN(c2cc(Cl)ccc2CBr)CC1. The van der Waals surface area contributed by atoms with Crippen LogP contribution in [-0.4, -0.2) is 13.1 Å². The van der Waals surface area contributed by atoms with Crippen LogP contribution in [-0.2, 0) is 5.33 Å². The molecule has 1 heterocycles. The van der Waals surface area contributed by atoms with Gasteiger partial charge in [0.2, 0.25) is 0 Å². The van der Waals surface area contributed by atoms with Crippen molar-refractivity contribution < 1.29 is 0 Å². The van der Waals surface area contributed by atoms with E-state index in [-0.39, 0.29) is 0 Å². The van der Waals surface area contributed by atoms with Crippen LogP contribution in [0.4, 0.5) is 5.69 Å². The number of hydrogen-bond acceptors (Lipinski definition) is 1. The van der Waals surface area contributed by atoms with Gasteiger partial charge in [-0.3, -0.25) is 0 Å². The van der Waals surface area contributed by atoms with Crippen LogP contribution >= 0.6 is 27.5 Å². The average Bonchev–Trinajstić information content (AvgIpc) is 2.38. The van der Waals surface area contributed by atoms with Crippen molar-refractivity contribution in [2.45, 2.75) is 38.9 Å². The van der Waals surface area contributed by atoms with Crippen LogP contribution in [0.5, 0.6) is 0 Å². The molecule has 3 heteroatoms. The third-order valence-electron chi connectivity index (χ3n) is 4.25. The van der Waals surface area contributed by atoms with Gasteiger partial charge in [-0.1, -0.05) is 54.4 Å². The summed E-state index contributed by atoms with van der Waals surface area (Å²) in [5.41, 5.74) is 3.06. The molecule has 0 radical (unpaired) electrons. The second kappa shape index (κ2) is 6.05. The van der Waals surface area contributed by atoms with Crippen molar-refractivity contribution in [2.24, 2.45) is 11.3 Å². The van der Waals surface area contributed by atoms with Crippen LogP contribution in [0.1, 0.15) is 39.2 Å². The third kappa shape index (κ3) is 3.66. The summed E-state index contributed by atoms with van der Waals surface area (Å²) in [6, 6.07) is 6.21. The largest absolute Gasteiger partial charge is 0.371 e. The number of nitrogens with zero attached hydrogens (tertiary/aromatic N) is 1. The molecule has 0 spiro atoms. The van der Waals surface area contributed by atoms with Crippen molar-refractivity contribution in [3.63, 3.8) is 0 Å². The van der Waals surface area contributed by atoms with Crippen molar-refractivity contribution in [3.8, 4) is 0 Å². The average molecular weight is 345 g/mol. The molecular weight excluding hydrogens is 322 g/mol. The summed E-state index contributed by atoms with van der Waals surface area (Å²) in [5.74, 6) is 0.829. The van der Waals surface area contributed by atoms with E-state index in [1.807, 2.05) is 6.07 Å². The standard InChI is InChI=1S/C16H23BrClN/c1-16(2,3)13-6-8-19(9-7-13)15-10-14(18)5-4-12(15)11-17/h4-5,10,13H,6-9,11H2,1-3H3. The summed E-state index contributed by atoms with van der Waals surface area (Å²) in [4.78, 5) is 2.49. The van der Waals surface area contributed by atoms with E-state index in [4.69, 9.17) is 11.6 Å². The molecule has 0 aliphatic carbocycles. The lowest BCUT2D eigenvalue weighted by Gasteiger charge is -2.40. The molecule has 0 bridgehead atoms. The molecule has 0 atom stereocenters. The summed E-state index contributed by atoms with van der Waals surface area (Å²) in [6.45, 7) is 9.36. The van der Waals surface area contributed by atoms with E-state index in [9.17, 15) is 0 Å². The molecule has 1 aliphatic rings. The predicted molar refractivity (Wildman–Crippen MR) is 88.5 cm³/mol. The van der Waals surface area contributed by atoms with Gasteiger partial charge in [0.1, 0.15) is 0 Å². The van der Waals surface area contributed by atoms with Crippen LogP contribution in [0.25, 0.3) is 0 Å². The summed E-state index contributed by atoms with van der Waals surface area (Å²) >= 11 is 9.73.